The highest BCUT2D eigenvalue weighted by atomic mass is 19.1. The summed E-state index contributed by atoms with van der Waals surface area (Å²) < 4.78 is 32.4. The summed E-state index contributed by atoms with van der Waals surface area (Å²) in [4.78, 5) is 0. The molecule has 0 aromatic heterocycles. The van der Waals surface area contributed by atoms with Crippen LogP contribution in [0, 0.1) is 11.7 Å². The van der Waals surface area contributed by atoms with E-state index in [0.717, 1.165) is 42.7 Å². The highest BCUT2D eigenvalue weighted by Gasteiger charge is 2.23. The Morgan fingerprint density at radius 2 is 1.31 bits per heavy atom. The number of benzene rings is 2. The summed E-state index contributed by atoms with van der Waals surface area (Å²) in [5.41, 5.74) is 2.82. The molecular formula is C32H47FO3. The van der Waals surface area contributed by atoms with Crippen molar-refractivity contribution < 1.29 is 18.6 Å². The van der Waals surface area contributed by atoms with Gasteiger partial charge in [-0.1, -0.05) is 115 Å². The maximum absolute atomic E-state index is 14.6. The Kier molecular flexibility index (Phi) is 13.3. The largest absolute Gasteiger partial charge is 0.491 e. The van der Waals surface area contributed by atoms with E-state index in [-0.39, 0.29) is 12.1 Å². The lowest BCUT2D eigenvalue weighted by Gasteiger charge is -2.29. The molecule has 0 spiro atoms. The molecule has 0 bridgehead atoms. The smallest absolute Gasteiger partial charge is 0.183 e. The fourth-order valence-electron chi connectivity index (χ4n) is 4.81. The van der Waals surface area contributed by atoms with Crippen molar-refractivity contribution in [1.82, 2.24) is 0 Å². The summed E-state index contributed by atoms with van der Waals surface area (Å²) in [5.74, 6) is 0.526. The van der Waals surface area contributed by atoms with Crippen LogP contribution < -0.4 is 4.74 Å². The highest BCUT2D eigenvalue weighted by Crippen LogP contribution is 2.30. The van der Waals surface area contributed by atoms with Gasteiger partial charge in [0.1, 0.15) is 0 Å². The molecule has 200 valence electrons. The molecule has 2 aromatic carbocycles. The molecule has 1 aliphatic heterocycles. The Labute approximate surface area is 218 Å². The van der Waals surface area contributed by atoms with Crippen molar-refractivity contribution in [2.24, 2.45) is 5.92 Å². The average molecular weight is 499 g/mol. The summed E-state index contributed by atoms with van der Waals surface area (Å²) in [7, 11) is 0. The van der Waals surface area contributed by atoms with Crippen molar-refractivity contribution in [3.05, 3.63) is 53.8 Å². The van der Waals surface area contributed by atoms with Gasteiger partial charge in [-0.2, -0.15) is 0 Å². The lowest BCUT2D eigenvalue weighted by molar-refractivity contribution is -0.206. The van der Waals surface area contributed by atoms with Crippen LogP contribution in [0.1, 0.15) is 109 Å². The monoisotopic (exact) mass is 498 g/mol. The lowest BCUT2D eigenvalue weighted by atomic mass is 10.0. The van der Waals surface area contributed by atoms with Gasteiger partial charge >= 0.3 is 0 Å². The Bertz CT molecular complexity index is 843. The number of rotatable bonds is 17. The van der Waals surface area contributed by atoms with Gasteiger partial charge in [0.25, 0.3) is 0 Å². The number of hydrogen-bond acceptors (Lipinski definition) is 3. The van der Waals surface area contributed by atoms with E-state index in [1.807, 2.05) is 30.3 Å². The van der Waals surface area contributed by atoms with Crippen LogP contribution in [0.5, 0.6) is 5.75 Å². The van der Waals surface area contributed by atoms with Crippen LogP contribution in [-0.4, -0.2) is 19.8 Å². The quantitative estimate of drug-likeness (QED) is 0.203. The van der Waals surface area contributed by atoms with Crippen molar-refractivity contribution in [3.8, 4) is 16.9 Å². The summed E-state index contributed by atoms with van der Waals surface area (Å²) in [5, 5.41) is 0. The Hall–Kier alpha value is -1.91. The van der Waals surface area contributed by atoms with Crippen LogP contribution in [-0.2, 0) is 9.47 Å². The van der Waals surface area contributed by atoms with Gasteiger partial charge in [-0.25, -0.2) is 4.39 Å². The molecule has 36 heavy (non-hydrogen) atoms. The molecule has 0 atom stereocenters. The van der Waals surface area contributed by atoms with E-state index in [0.29, 0.717) is 18.3 Å². The Morgan fingerprint density at radius 1 is 0.722 bits per heavy atom. The van der Waals surface area contributed by atoms with E-state index in [4.69, 9.17) is 14.2 Å². The highest BCUT2D eigenvalue weighted by molar-refractivity contribution is 5.64. The summed E-state index contributed by atoms with van der Waals surface area (Å²) >= 11 is 0. The molecule has 3 rings (SSSR count). The lowest BCUT2D eigenvalue weighted by Crippen LogP contribution is -2.27. The van der Waals surface area contributed by atoms with Crippen LogP contribution >= 0.6 is 0 Å². The van der Waals surface area contributed by atoms with E-state index >= 15 is 0 Å². The minimum absolute atomic E-state index is 0.307. The first-order chi connectivity index (χ1) is 17.7. The van der Waals surface area contributed by atoms with Crippen LogP contribution in [0.3, 0.4) is 0 Å². The van der Waals surface area contributed by atoms with Gasteiger partial charge in [0.2, 0.25) is 0 Å². The second kappa shape index (κ2) is 16.8. The third-order valence-electron chi connectivity index (χ3n) is 7.14. The van der Waals surface area contributed by atoms with Crippen LogP contribution in [0.25, 0.3) is 11.1 Å². The van der Waals surface area contributed by atoms with Crippen LogP contribution in [0.4, 0.5) is 4.39 Å². The molecule has 1 heterocycles. The van der Waals surface area contributed by atoms with Crippen LogP contribution in [0.15, 0.2) is 42.5 Å². The first kappa shape index (κ1) is 28.7. The molecule has 3 nitrogen and oxygen atoms in total. The molecule has 0 aliphatic carbocycles. The normalized spacial score (nSPS) is 17.9. The molecular weight excluding hydrogens is 451 g/mol. The molecule has 1 fully saturated rings. The second-order valence-corrected chi connectivity index (χ2v) is 10.3. The third-order valence-corrected chi connectivity index (χ3v) is 7.14. The van der Waals surface area contributed by atoms with Crippen molar-refractivity contribution in [3.63, 3.8) is 0 Å². The fourth-order valence-corrected chi connectivity index (χ4v) is 4.81. The number of halogens is 1. The van der Waals surface area contributed by atoms with Gasteiger partial charge in [-0.3, -0.25) is 0 Å². The SMILES string of the molecule is CCCCCCCCOc1ccc(-c2ccc(C3OCC(CCCCCCCC)CO3)cc2)cc1F. The maximum atomic E-state index is 14.6. The van der Waals surface area contributed by atoms with E-state index < -0.39 is 0 Å². The zero-order valence-electron chi connectivity index (χ0n) is 22.6. The van der Waals surface area contributed by atoms with Gasteiger partial charge in [-0.05, 0) is 36.1 Å². The predicted molar refractivity (Wildman–Crippen MR) is 147 cm³/mol. The summed E-state index contributed by atoms with van der Waals surface area (Å²) in [6.45, 7) is 6.55. The maximum Gasteiger partial charge on any atom is 0.183 e. The Morgan fingerprint density at radius 3 is 1.94 bits per heavy atom. The first-order valence-corrected chi connectivity index (χ1v) is 14.5. The molecule has 4 heteroatoms. The van der Waals surface area contributed by atoms with Gasteiger partial charge in [-0.15, -0.1) is 0 Å². The predicted octanol–water partition coefficient (Wildman–Crippen LogP) is 9.64. The first-order valence-electron chi connectivity index (χ1n) is 14.5. The van der Waals surface area contributed by atoms with Gasteiger partial charge in [0, 0.05) is 11.5 Å². The standard InChI is InChI=1S/C32H47FO3/c1-3-5-7-9-11-13-15-26-24-35-32(36-25-26)28-18-16-27(17-19-28)29-20-21-31(30(33)23-29)34-22-14-12-10-8-6-4-2/h16-21,23,26,32H,3-15,22,24-25H2,1-2H3. The number of ether oxygens (including phenoxy) is 3. The van der Waals surface area contributed by atoms with Crippen molar-refractivity contribution in [2.45, 2.75) is 104 Å². The summed E-state index contributed by atoms with van der Waals surface area (Å²) in [6, 6.07) is 13.3. The van der Waals surface area contributed by atoms with E-state index in [1.54, 1.807) is 12.1 Å². The topological polar surface area (TPSA) is 27.7 Å². The minimum atomic E-state index is -0.311. The van der Waals surface area contributed by atoms with Crippen LogP contribution in [0.2, 0.25) is 0 Å². The molecule has 0 saturated carbocycles. The second-order valence-electron chi connectivity index (χ2n) is 10.3. The molecule has 1 saturated heterocycles. The van der Waals surface area contributed by atoms with Gasteiger partial charge in [0.15, 0.2) is 17.9 Å². The van der Waals surface area contributed by atoms with Gasteiger partial charge < -0.3 is 14.2 Å². The number of hydrogen-bond donors (Lipinski definition) is 0. The molecule has 0 N–H and O–H groups in total. The van der Waals surface area contributed by atoms with E-state index in [1.165, 1.54) is 70.6 Å². The number of unbranched alkanes of at least 4 members (excludes halogenated alkanes) is 10. The molecule has 1 aliphatic rings. The van der Waals surface area contributed by atoms with Crippen molar-refractivity contribution in [2.75, 3.05) is 19.8 Å². The van der Waals surface area contributed by atoms with Crippen molar-refractivity contribution >= 4 is 0 Å². The zero-order chi connectivity index (χ0) is 25.4. The molecule has 0 radical (unpaired) electrons. The third kappa shape index (κ3) is 9.86. The Balaban J connectivity index is 1.40. The van der Waals surface area contributed by atoms with Crippen molar-refractivity contribution in [1.29, 1.82) is 0 Å². The van der Waals surface area contributed by atoms with Gasteiger partial charge in [0.05, 0.1) is 19.8 Å². The average Bonchev–Trinajstić information content (AvgIpc) is 2.91. The molecule has 0 amide bonds. The summed E-state index contributed by atoms with van der Waals surface area (Å²) in [6.07, 6.45) is 15.9. The van der Waals surface area contributed by atoms with E-state index in [9.17, 15) is 4.39 Å². The zero-order valence-corrected chi connectivity index (χ0v) is 22.6. The molecule has 2 aromatic rings. The van der Waals surface area contributed by atoms with E-state index in [2.05, 4.69) is 13.8 Å². The fraction of sp³-hybridized carbons (Fsp3) is 0.625. The molecule has 0 unspecified atom stereocenters. The minimum Gasteiger partial charge on any atom is -0.491 e.